The second-order valence-corrected chi connectivity index (χ2v) is 5.61. The fraction of sp³-hybridized carbons (Fsp3) is 0.438. The Morgan fingerprint density at radius 3 is 2.95 bits per heavy atom. The van der Waals surface area contributed by atoms with Crippen molar-refractivity contribution in [2.24, 2.45) is 0 Å². The van der Waals surface area contributed by atoms with Gasteiger partial charge in [0.05, 0.1) is 12.2 Å². The molecule has 21 heavy (non-hydrogen) atoms. The molecule has 0 radical (unpaired) electrons. The molecule has 0 aliphatic rings. The first-order valence-electron chi connectivity index (χ1n) is 6.77. The molecule has 0 fully saturated rings. The van der Waals surface area contributed by atoms with Crippen molar-refractivity contribution >= 4 is 17.7 Å². The molecule has 0 bridgehead atoms. The van der Waals surface area contributed by atoms with Gasteiger partial charge in [-0.2, -0.15) is 11.8 Å². The third-order valence-corrected chi connectivity index (χ3v) is 3.46. The highest BCUT2D eigenvalue weighted by Crippen LogP contribution is 2.11. The highest BCUT2D eigenvalue weighted by Gasteiger charge is 2.13. The lowest BCUT2D eigenvalue weighted by molar-refractivity contribution is 0.0939. The number of amides is 1. The van der Waals surface area contributed by atoms with E-state index in [2.05, 4.69) is 17.2 Å². The van der Waals surface area contributed by atoms with Gasteiger partial charge in [-0.05, 0) is 43.6 Å². The minimum absolute atomic E-state index is 0.0493. The second-order valence-electron chi connectivity index (χ2n) is 4.62. The molecular weight excluding hydrogens is 289 g/mol. The number of nitrogens with one attached hydrogen (secondary N) is 1. The summed E-state index contributed by atoms with van der Waals surface area (Å²) in [6.45, 7) is 1.88. The third-order valence-electron chi connectivity index (χ3n) is 2.82. The molecule has 0 aromatic heterocycles. The molecule has 1 rings (SSSR count). The van der Waals surface area contributed by atoms with E-state index in [4.69, 9.17) is 5.11 Å². The van der Waals surface area contributed by atoms with Gasteiger partial charge in [-0.3, -0.25) is 4.79 Å². The summed E-state index contributed by atoms with van der Waals surface area (Å²) in [5, 5.41) is 11.6. The van der Waals surface area contributed by atoms with E-state index in [9.17, 15) is 9.18 Å². The number of rotatable bonds is 6. The average molecular weight is 309 g/mol. The molecule has 5 heteroatoms. The summed E-state index contributed by atoms with van der Waals surface area (Å²) in [4.78, 5) is 12.2. The van der Waals surface area contributed by atoms with Crippen LogP contribution in [0, 0.1) is 17.7 Å². The quantitative estimate of drug-likeness (QED) is 0.794. The number of hydrogen-bond acceptors (Lipinski definition) is 3. The molecule has 0 saturated carbocycles. The monoisotopic (exact) mass is 309 g/mol. The van der Waals surface area contributed by atoms with Crippen molar-refractivity contribution in [1.82, 2.24) is 5.32 Å². The van der Waals surface area contributed by atoms with Crippen molar-refractivity contribution in [3.05, 3.63) is 35.1 Å². The summed E-state index contributed by atoms with van der Waals surface area (Å²) < 4.78 is 13.3. The lowest BCUT2D eigenvalue weighted by Gasteiger charge is -2.14. The molecule has 1 atom stereocenters. The van der Waals surface area contributed by atoms with Gasteiger partial charge in [-0.1, -0.05) is 11.8 Å². The minimum atomic E-state index is -0.435. The van der Waals surface area contributed by atoms with Crippen LogP contribution in [0.25, 0.3) is 0 Å². The molecule has 0 heterocycles. The zero-order valence-corrected chi connectivity index (χ0v) is 13.1. The fourth-order valence-electron chi connectivity index (χ4n) is 1.70. The van der Waals surface area contributed by atoms with Crippen LogP contribution in [-0.4, -0.2) is 35.7 Å². The van der Waals surface area contributed by atoms with Crippen LogP contribution >= 0.6 is 11.8 Å². The largest absolute Gasteiger partial charge is 0.395 e. The van der Waals surface area contributed by atoms with Crippen LogP contribution in [-0.2, 0) is 0 Å². The van der Waals surface area contributed by atoms with E-state index in [1.165, 1.54) is 18.2 Å². The fourth-order valence-corrected chi connectivity index (χ4v) is 2.29. The summed E-state index contributed by atoms with van der Waals surface area (Å²) >= 11 is 1.72. The van der Waals surface area contributed by atoms with Gasteiger partial charge in [0.1, 0.15) is 5.82 Å². The molecule has 0 spiro atoms. The number of hydrogen-bond donors (Lipinski definition) is 2. The first kappa shape index (κ1) is 17.5. The smallest absolute Gasteiger partial charge is 0.252 e. The highest BCUT2D eigenvalue weighted by molar-refractivity contribution is 7.98. The minimum Gasteiger partial charge on any atom is -0.395 e. The molecule has 3 nitrogen and oxygen atoms in total. The van der Waals surface area contributed by atoms with Crippen molar-refractivity contribution < 1.29 is 14.3 Å². The maximum atomic E-state index is 13.3. The normalized spacial score (nSPS) is 11.4. The maximum absolute atomic E-state index is 13.3. The van der Waals surface area contributed by atoms with Crippen LogP contribution in [0.1, 0.15) is 35.7 Å². The van der Waals surface area contributed by atoms with E-state index in [-0.39, 0.29) is 18.6 Å². The zero-order valence-electron chi connectivity index (χ0n) is 12.3. The van der Waals surface area contributed by atoms with Crippen LogP contribution in [0.5, 0.6) is 0 Å². The van der Waals surface area contributed by atoms with Gasteiger partial charge in [-0.25, -0.2) is 4.39 Å². The Hall–Kier alpha value is -1.51. The topological polar surface area (TPSA) is 49.3 Å². The zero-order chi connectivity index (χ0) is 15.7. The molecule has 0 saturated heterocycles. The Balaban J connectivity index is 2.86. The number of thioether (sulfide) groups is 1. The number of halogens is 1. The number of aliphatic hydroxyl groups is 1. The Labute approximate surface area is 129 Å². The standard InChI is InChI=1S/C16H20FNO2S/c1-12(8-10-21-2)18-16(20)15-7-6-14(17)11-13(15)5-3-4-9-19/h6-7,11-12,19H,4,8-10H2,1-2H3,(H,18,20). The van der Waals surface area contributed by atoms with Crippen molar-refractivity contribution in [1.29, 1.82) is 0 Å². The summed E-state index contributed by atoms with van der Waals surface area (Å²) in [7, 11) is 0. The summed E-state index contributed by atoms with van der Waals surface area (Å²) in [5.41, 5.74) is 0.704. The number of aliphatic hydroxyl groups excluding tert-OH is 1. The van der Waals surface area contributed by atoms with E-state index >= 15 is 0 Å². The summed E-state index contributed by atoms with van der Waals surface area (Å²) in [5.74, 6) is 5.73. The molecule has 1 aromatic carbocycles. The molecule has 114 valence electrons. The average Bonchev–Trinajstić information content (AvgIpc) is 2.45. The van der Waals surface area contributed by atoms with Gasteiger partial charge in [0.2, 0.25) is 0 Å². The first-order valence-corrected chi connectivity index (χ1v) is 8.17. The van der Waals surface area contributed by atoms with Gasteiger partial charge in [-0.15, -0.1) is 0 Å². The van der Waals surface area contributed by atoms with Crippen LogP contribution < -0.4 is 5.32 Å². The van der Waals surface area contributed by atoms with Crippen molar-refractivity contribution in [3.8, 4) is 11.8 Å². The van der Waals surface area contributed by atoms with E-state index in [0.29, 0.717) is 17.5 Å². The summed E-state index contributed by atoms with van der Waals surface area (Å²) in [6.07, 6.45) is 3.19. The molecule has 1 amide bonds. The van der Waals surface area contributed by atoms with Gasteiger partial charge in [0, 0.05) is 18.0 Å². The Kier molecular flexibility index (Phi) is 7.88. The van der Waals surface area contributed by atoms with Crippen LogP contribution in [0.15, 0.2) is 18.2 Å². The van der Waals surface area contributed by atoms with E-state index < -0.39 is 5.82 Å². The molecule has 2 N–H and O–H groups in total. The Morgan fingerprint density at radius 1 is 1.52 bits per heavy atom. The van der Waals surface area contributed by atoms with E-state index in [1.54, 1.807) is 11.8 Å². The van der Waals surface area contributed by atoms with Crippen molar-refractivity contribution in [3.63, 3.8) is 0 Å². The van der Waals surface area contributed by atoms with Crippen molar-refractivity contribution in [2.75, 3.05) is 18.6 Å². The molecule has 0 aliphatic heterocycles. The predicted molar refractivity (Wildman–Crippen MR) is 84.9 cm³/mol. The lowest BCUT2D eigenvalue weighted by atomic mass is 10.1. The molecule has 1 aromatic rings. The van der Waals surface area contributed by atoms with Gasteiger partial charge in [0.25, 0.3) is 5.91 Å². The van der Waals surface area contributed by atoms with Crippen LogP contribution in [0.2, 0.25) is 0 Å². The predicted octanol–water partition coefficient (Wildman–Crippen LogP) is 2.43. The second kappa shape index (κ2) is 9.43. The van der Waals surface area contributed by atoms with Gasteiger partial charge in [0.15, 0.2) is 0 Å². The maximum Gasteiger partial charge on any atom is 0.252 e. The van der Waals surface area contributed by atoms with Crippen molar-refractivity contribution in [2.45, 2.75) is 25.8 Å². The molecule has 1 unspecified atom stereocenters. The SMILES string of the molecule is CSCCC(C)NC(=O)c1ccc(F)cc1C#CCCO. The first-order chi connectivity index (χ1) is 10.1. The number of carbonyl (C=O) groups excluding carboxylic acids is 1. The van der Waals surface area contributed by atoms with Gasteiger partial charge >= 0.3 is 0 Å². The third kappa shape index (κ3) is 6.19. The Bertz CT molecular complexity index is 537. The van der Waals surface area contributed by atoms with E-state index in [0.717, 1.165) is 12.2 Å². The lowest BCUT2D eigenvalue weighted by Crippen LogP contribution is -2.33. The molecular formula is C16H20FNO2S. The number of benzene rings is 1. The summed E-state index contributed by atoms with van der Waals surface area (Å²) in [6, 6.07) is 3.98. The number of carbonyl (C=O) groups is 1. The highest BCUT2D eigenvalue weighted by atomic mass is 32.2. The molecule has 0 aliphatic carbocycles. The van der Waals surface area contributed by atoms with Crippen LogP contribution in [0.3, 0.4) is 0 Å². The van der Waals surface area contributed by atoms with Crippen LogP contribution in [0.4, 0.5) is 4.39 Å². The van der Waals surface area contributed by atoms with Gasteiger partial charge < -0.3 is 10.4 Å². The van der Waals surface area contributed by atoms with E-state index in [1.807, 2.05) is 13.2 Å². The Morgan fingerprint density at radius 2 is 2.29 bits per heavy atom.